The van der Waals surface area contributed by atoms with Crippen LogP contribution in [0.3, 0.4) is 0 Å². The number of H-pyrrole nitrogens is 1. The lowest BCUT2D eigenvalue weighted by Crippen LogP contribution is -1.93. The van der Waals surface area contributed by atoms with Crippen LogP contribution in [0.25, 0.3) is 11.2 Å². The first kappa shape index (κ1) is 13.9. The van der Waals surface area contributed by atoms with Crippen molar-refractivity contribution in [3.8, 4) is 0 Å². The Bertz CT molecular complexity index is 770. The highest BCUT2D eigenvalue weighted by molar-refractivity contribution is 9.10. The zero-order valence-corrected chi connectivity index (χ0v) is 13.4. The Kier molecular flexibility index (Phi) is 3.96. The number of aromatic nitrogens is 3. The summed E-state index contributed by atoms with van der Waals surface area (Å²) in [5.74, 6) is 0.914. The van der Waals surface area contributed by atoms with Crippen molar-refractivity contribution in [2.24, 2.45) is 0 Å². The highest BCUT2D eigenvalue weighted by Gasteiger charge is 2.06. The summed E-state index contributed by atoms with van der Waals surface area (Å²) in [4.78, 5) is 12.0. The van der Waals surface area contributed by atoms with Gasteiger partial charge in [-0.3, -0.25) is 0 Å². The van der Waals surface area contributed by atoms with Crippen molar-refractivity contribution in [3.05, 3.63) is 56.4 Å². The third-order valence-electron chi connectivity index (χ3n) is 2.99. The van der Waals surface area contributed by atoms with E-state index >= 15 is 0 Å². The molecule has 0 amide bonds. The summed E-state index contributed by atoms with van der Waals surface area (Å²) in [7, 11) is 0. The van der Waals surface area contributed by atoms with Crippen LogP contribution in [0.5, 0.6) is 0 Å². The van der Waals surface area contributed by atoms with Crippen molar-refractivity contribution < 1.29 is 0 Å². The van der Waals surface area contributed by atoms with E-state index in [-0.39, 0.29) is 0 Å². The normalized spacial score (nSPS) is 11.2. The van der Waals surface area contributed by atoms with Gasteiger partial charge in [0.25, 0.3) is 0 Å². The van der Waals surface area contributed by atoms with Gasteiger partial charge in [-0.1, -0.05) is 29.3 Å². The van der Waals surface area contributed by atoms with E-state index in [1.165, 1.54) is 0 Å². The number of benzene rings is 1. The van der Waals surface area contributed by atoms with Crippen molar-refractivity contribution in [1.29, 1.82) is 0 Å². The summed E-state index contributed by atoms with van der Waals surface area (Å²) >= 11 is 15.3. The number of nitrogens with one attached hydrogen (secondary N) is 1. The van der Waals surface area contributed by atoms with Gasteiger partial charge in [0, 0.05) is 17.1 Å². The fourth-order valence-electron chi connectivity index (χ4n) is 2.00. The Morgan fingerprint density at radius 1 is 1.10 bits per heavy atom. The molecule has 0 bridgehead atoms. The van der Waals surface area contributed by atoms with Crippen LogP contribution < -0.4 is 0 Å². The van der Waals surface area contributed by atoms with Crippen molar-refractivity contribution in [1.82, 2.24) is 15.0 Å². The van der Waals surface area contributed by atoms with Crippen molar-refractivity contribution in [2.75, 3.05) is 0 Å². The van der Waals surface area contributed by atoms with Crippen LogP contribution in [0.4, 0.5) is 0 Å². The number of rotatable bonds is 3. The number of fused-ring (bicyclic) bond motifs is 1. The molecular formula is C14H10BrCl2N3. The molecule has 3 nitrogen and oxygen atoms in total. The van der Waals surface area contributed by atoms with Crippen molar-refractivity contribution in [3.63, 3.8) is 0 Å². The van der Waals surface area contributed by atoms with Gasteiger partial charge in [0.15, 0.2) is 5.65 Å². The van der Waals surface area contributed by atoms with Gasteiger partial charge in [0.05, 0.1) is 15.6 Å². The molecule has 3 rings (SSSR count). The van der Waals surface area contributed by atoms with E-state index in [1.807, 2.05) is 24.3 Å². The van der Waals surface area contributed by atoms with E-state index in [1.54, 1.807) is 6.20 Å². The Morgan fingerprint density at radius 3 is 2.75 bits per heavy atom. The second kappa shape index (κ2) is 5.72. The molecule has 0 saturated carbocycles. The second-order valence-corrected chi connectivity index (χ2v) is 6.19. The summed E-state index contributed by atoms with van der Waals surface area (Å²) in [5, 5.41) is 1.16. The average molecular weight is 371 g/mol. The van der Waals surface area contributed by atoms with E-state index in [0.717, 1.165) is 39.9 Å². The number of imidazole rings is 1. The van der Waals surface area contributed by atoms with Gasteiger partial charge in [-0.05, 0) is 46.1 Å². The van der Waals surface area contributed by atoms with E-state index in [0.29, 0.717) is 10.0 Å². The maximum atomic E-state index is 6.01. The van der Waals surface area contributed by atoms with Crippen molar-refractivity contribution >= 4 is 50.3 Å². The van der Waals surface area contributed by atoms with E-state index in [4.69, 9.17) is 23.2 Å². The van der Waals surface area contributed by atoms with Crippen molar-refractivity contribution in [2.45, 2.75) is 12.8 Å². The largest absolute Gasteiger partial charge is 0.341 e. The van der Waals surface area contributed by atoms with Crippen LogP contribution in [0.1, 0.15) is 11.4 Å². The second-order valence-electron chi connectivity index (χ2n) is 4.46. The highest BCUT2D eigenvalue weighted by Crippen LogP contribution is 2.23. The zero-order chi connectivity index (χ0) is 14.1. The predicted molar refractivity (Wildman–Crippen MR) is 85.5 cm³/mol. The molecule has 1 aromatic carbocycles. The molecular weight excluding hydrogens is 361 g/mol. The summed E-state index contributed by atoms with van der Waals surface area (Å²) in [6, 6.07) is 7.65. The fraction of sp³-hybridized carbons (Fsp3) is 0.143. The van der Waals surface area contributed by atoms with Gasteiger partial charge in [-0.25, -0.2) is 9.97 Å². The third-order valence-corrected chi connectivity index (χ3v) is 4.16. The molecule has 3 aromatic rings. The lowest BCUT2D eigenvalue weighted by Gasteiger charge is -2.01. The minimum atomic E-state index is 0.577. The predicted octanol–water partition coefficient (Wildman–Crippen LogP) is 4.81. The first-order valence-corrected chi connectivity index (χ1v) is 7.61. The SMILES string of the molecule is Clc1ccc(CCc2nc3ncc(Br)cc3[nH]2)cc1Cl. The van der Waals surface area contributed by atoms with Gasteiger partial charge >= 0.3 is 0 Å². The van der Waals surface area contributed by atoms with Crippen LogP contribution in [-0.4, -0.2) is 15.0 Å². The van der Waals surface area contributed by atoms with E-state index in [2.05, 4.69) is 30.9 Å². The summed E-state index contributed by atoms with van der Waals surface area (Å²) in [6.07, 6.45) is 3.38. The number of pyridine rings is 1. The number of hydrogen-bond donors (Lipinski definition) is 1. The zero-order valence-electron chi connectivity index (χ0n) is 10.3. The van der Waals surface area contributed by atoms with Gasteiger partial charge in [0.2, 0.25) is 0 Å². The molecule has 102 valence electrons. The monoisotopic (exact) mass is 369 g/mol. The van der Waals surface area contributed by atoms with Crippen LogP contribution in [-0.2, 0) is 12.8 Å². The summed E-state index contributed by atoms with van der Waals surface area (Å²) in [6.45, 7) is 0. The number of hydrogen-bond acceptors (Lipinski definition) is 2. The number of aryl methyl sites for hydroxylation is 2. The first-order chi connectivity index (χ1) is 9.61. The van der Waals surface area contributed by atoms with Crippen LogP contribution in [0.2, 0.25) is 10.0 Å². The molecule has 0 spiro atoms. The van der Waals surface area contributed by atoms with Gasteiger partial charge in [0.1, 0.15) is 5.82 Å². The molecule has 20 heavy (non-hydrogen) atoms. The topological polar surface area (TPSA) is 41.6 Å². The Hall–Kier alpha value is -1.10. The maximum Gasteiger partial charge on any atom is 0.177 e. The molecule has 2 aromatic heterocycles. The van der Waals surface area contributed by atoms with Crippen LogP contribution in [0.15, 0.2) is 34.9 Å². The number of nitrogens with zero attached hydrogens (tertiary/aromatic N) is 2. The van der Waals surface area contributed by atoms with Crippen LogP contribution >= 0.6 is 39.1 Å². The Morgan fingerprint density at radius 2 is 1.95 bits per heavy atom. The van der Waals surface area contributed by atoms with Crippen LogP contribution in [0, 0.1) is 0 Å². The fourth-order valence-corrected chi connectivity index (χ4v) is 2.65. The Labute approximate surface area is 134 Å². The minimum Gasteiger partial charge on any atom is -0.341 e. The lowest BCUT2D eigenvalue weighted by atomic mass is 10.1. The molecule has 0 fully saturated rings. The molecule has 0 aliphatic rings. The quantitative estimate of drug-likeness (QED) is 0.718. The van der Waals surface area contributed by atoms with Gasteiger partial charge in [-0.2, -0.15) is 0 Å². The first-order valence-electron chi connectivity index (χ1n) is 6.06. The molecule has 0 saturated heterocycles. The minimum absolute atomic E-state index is 0.577. The highest BCUT2D eigenvalue weighted by atomic mass is 79.9. The van der Waals surface area contributed by atoms with Gasteiger partial charge < -0.3 is 4.98 Å². The molecule has 2 heterocycles. The smallest absolute Gasteiger partial charge is 0.177 e. The maximum absolute atomic E-state index is 6.01. The summed E-state index contributed by atoms with van der Waals surface area (Å²) < 4.78 is 0.935. The third kappa shape index (κ3) is 2.97. The summed E-state index contributed by atoms with van der Waals surface area (Å²) in [5.41, 5.74) is 2.80. The van der Waals surface area contributed by atoms with E-state index < -0.39 is 0 Å². The lowest BCUT2D eigenvalue weighted by molar-refractivity contribution is 0.889. The standard InChI is InChI=1S/C14H10BrCl2N3/c15-9-6-12-14(18-7-9)20-13(19-12)4-2-8-1-3-10(16)11(17)5-8/h1,3,5-7H,2,4H2,(H,18,19,20). The Balaban J connectivity index is 1.77. The molecule has 0 aliphatic carbocycles. The average Bonchev–Trinajstić information content (AvgIpc) is 2.82. The molecule has 6 heteroatoms. The molecule has 1 N–H and O–H groups in total. The number of halogens is 3. The molecule has 0 atom stereocenters. The van der Waals surface area contributed by atoms with E-state index in [9.17, 15) is 0 Å². The van der Waals surface area contributed by atoms with Gasteiger partial charge in [-0.15, -0.1) is 0 Å². The number of aromatic amines is 1. The molecule has 0 aliphatic heterocycles. The molecule has 0 unspecified atom stereocenters. The molecule has 0 radical (unpaired) electrons.